The molecule has 0 bridgehead atoms. The summed E-state index contributed by atoms with van der Waals surface area (Å²) in [6, 6.07) is 6.13. The summed E-state index contributed by atoms with van der Waals surface area (Å²) in [5, 5.41) is 14.4. The van der Waals surface area contributed by atoms with Gasteiger partial charge < -0.3 is 9.84 Å². The Bertz CT molecular complexity index is 540. The van der Waals surface area contributed by atoms with Crippen LogP contribution in [-0.2, 0) is 6.54 Å². The molecule has 0 aliphatic heterocycles. The second kappa shape index (κ2) is 5.18. The number of rotatable bonds is 4. The second-order valence-corrected chi connectivity index (χ2v) is 3.83. The van der Waals surface area contributed by atoms with Crippen LogP contribution in [0.3, 0.4) is 0 Å². The number of benzene rings is 1. The summed E-state index contributed by atoms with van der Waals surface area (Å²) in [6.45, 7) is 2.51. The summed E-state index contributed by atoms with van der Waals surface area (Å²) in [7, 11) is 1.45. The van der Waals surface area contributed by atoms with Gasteiger partial charge in [0, 0.05) is 12.7 Å². The van der Waals surface area contributed by atoms with Gasteiger partial charge in [-0.2, -0.15) is 5.10 Å². The molecule has 4 nitrogen and oxygen atoms in total. The van der Waals surface area contributed by atoms with Crippen LogP contribution < -0.4 is 4.74 Å². The maximum absolute atomic E-state index is 13.8. The molecule has 1 unspecified atom stereocenters. The molecule has 0 amide bonds. The van der Waals surface area contributed by atoms with Crippen LogP contribution in [0.4, 0.5) is 4.39 Å². The van der Waals surface area contributed by atoms with E-state index in [0.717, 1.165) is 0 Å². The van der Waals surface area contributed by atoms with Crippen LogP contribution in [0.5, 0.6) is 5.75 Å². The molecule has 1 N–H and O–H groups in total. The van der Waals surface area contributed by atoms with Crippen LogP contribution in [0, 0.1) is 5.82 Å². The van der Waals surface area contributed by atoms with Gasteiger partial charge in [0.05, 0.1) is 18.4 Å². The van der Waals surface area contributed by atoms with Crippen molar-refractivity contribution < 1.29 is 14.2 Å². The molecule has 1 heterocycles. The molecule has 96 valence electrons. The Labute approximate surface area is 105 Å². The molecule has 1 atom stereocenters. The van der Waals surface area contributed by atoms with Gasteiger partial charge in [0.15, 0.2) is 0 Å². The fraction of sp³-hybridized carbons (Fsp3) is 0.308. The number of halogens is 1. The Kier molecular flexibility index (Phi) is 3.62. The highest BCUT2D eigenvalue weighted by Crippen LogP contribution is 2.31. The van der Waals surface area contributed by atoms with E-state index in [1.54, 1.807) is 29.1 Å². The van der Waals surface area contributed by atoms with Crippen molar-refractivity contribution in [3.8, 4) is 5.75 Å². The van der Waals surface area contributed by atoms with E-state index in [-0.39, 0.29) is 5.56 Å². The van der Waals surface area contributed by atoms with Gasteiger partial charge in [-0.3, -0.25) is 4.68 Å². The zero-order chi connectivity index (χ0) is 13.1. The molecule has 5 heteroatoms. The number of ether oxygens (including phenoxy) is 1. The number of nitrogens with zero attached hydrogens (tertiary/aromatic N) is 2. The van der Waals surface area contributed by atoms with Crippen molar-refractivity contribution in [1.82, 2.24) is 9.78 Å². The van der Waals surface area contributed by atoms with Crippen molar-refractivity contribution in [3.63, 3.8) is 0 Å². The Hall–Kier alpha value is -1.88. The van der Waals surface area contributed by atoms with E-state index < -0.39 is 11.9 Å². The smallest absolute Gasteiger partial charge is 0.133 e. The second-order valence-electron chi connectivity index (χ2n) is 3.83. The Morgan fingerprint density at radius 2 is 2.22 bits per heavy atom. The number of methoxy groups -OCH3 is 1. The van der Waals surface area contributed by atoms with E-state index in [2.05, 4.69) is 5.10 Å². The van der Waals surface area contributed by atoms with Gasteiger partial charge in [-0.25, -0.2) is 4.39 Å². The van der Waals surface area contributed by atoms with Crippen molar-refractivity contribution in [2.24, 2.45) is 0 Å². The van der Waals surface area contributed by atoms with Gasteiger partial charge >= 0.3 is 0 Å². The highest BCUT2D eigenvalue weighted by Gasteiger charge is 2.22. The summed E-state index contributed by atoms with van der Waals surface area (Å²) < 4.78 is 20.6. The van der Waals surface area contributed by atoms with Crippen LogP contribution in [0.25, 0.3) is 0 Å². The minimum absolute atomic E-state index is 0.134. The van der Waals surface area contributed by atoms with Crippen LogP contribution >= 0.6 is 0 Å². The van der Waals surface area contributed by atoms with Gasteiger partial charge in [-0.1, -0.05) is 6.07 Å². The topological polar surface area (TPSA) is 47.3 Å². The Morgan fingerprint density at radius 3 is 2.89 bits per heavy atom. The van der Waals surface area contributed by atoms with Gasteiger partial charge in [0.25, 0.3) is 0 Å². The average Bonchev–Trinajstić information content (AvgIpc) is 2.85. The first kappa shape index (κ1) is 12.6. The summed E-state index contributed by atoms with van der Waals surface area (Å²) in [6.07, 6.45) is 0.485. The molecule has 0 spiro atoms. The maximum Gasteiger partial charge on any atom is 0.133 e. The fourth-order valence-corrected chi connectivity index (χ4v) is 1.95. The highest BCUT2D eigenvalue weighted by atomic mass is 19.1. The lowest BCUT2D eigenvalue weighted by atomic mass is 10.0. The van der Waals surface area contributed by atoms with E-state index in [9.17, 15) is 9.50 Å². The van der Waals surface area contributed by atoms with Crippen molar-refractivity contribution in [1.29, 1.82) is 0 Å². The van der Waals surface area contributed by atoms with E-state index >= 15 is 0 Å². The van der Waals surface area contributed by atoms with Crippen molar-refractivity contribution in [3.05, 3.63) is 47.5 Å². The number of hydrogen-bond donors (Lipinski definition) is 1. The van der Waals surface area contributed by atoms with E-state index in [4.69, 9.17) is 4.74 Å². The molecule has 0 aliphatic rings. The Balaban J connectivity index is 2.49. The van der Waals surface area contributed by atoms with Crippen molar-refractivity contribution in [2.45, 2.75) is 19.6 Å². The number of aliphatic hydroxyl groups excluding tert-OH is 1. The molecule has 0 radical (unpaired) electrons. The normalized spacial score (nSPS) is 12.4. The monoisotopic (exact) mass is 250 g/mol. The standard InChI is InChI=1S/C13H15FN2O2/c1-3-16-10(7-8-15-16)13(17)12-9(14)5-4-6-11(12)18-2/h4-8,13,17H,3H2,1-2H3. The average molecular weight is 250 g/mol. The number of aryl methyl sites for hydroxylation is 1. The molecule has 0 saturated heterocycles. The summed E-state index contributed by atoms with van der Waals surface area (Å²) in [4.78, 5) is 0. The van der Waals surface area contributed by atoms with Crippen LogP contribution in [-0.4, -0.2) is 22.0 Å². The zero-order valence-corrected chi connectivity index (χ0v) is 10.3. The molecule has 2 rings (SSSR count). The SMILES string of the molecule is CCn1nccc1C(O)c1c(F)cccc1OC. The quantitative estimate of drug-likeness (QED) is 0.904. The Morgan fingerprint density at radius 1 is 1.44 bits per heavy atom. The molecular weight excluding hydrogens is 235 g/mol. The van der Waals surface area contributed by atoms with E-state index in [1.165, 1.54) is 13.2 Å². The van der Waals surface area contributed by atoms with E-state index in [0.29, 0.717) is 18.0 Å². The molecule has 1 aromatic carbocycles. The molecule has 18 heavy (non-hydrogen) atoms. The van der Waals surface area contributed by atoms with E-state index in [1.807, 2.05) is 6.92 Å². The molecule has 2 aromatic rings. The maximum atomic E-state index is 13.8. The first-order chi connectivity index (χ1) is 8.69. The predicted octanol–water partition coefficient (Wildman–Crippen LogP) is 2.13. The van der Waals surface area contributed by atoms with Crippen LogP contribution in [0.2, 0.25) is 0 Å². The zero-order valence-electron chi connectivity index (χ0n) is 10.3. The highest BCUT2D eigenvalue weighted by molar-refractivity contribution is 5.39. The minimum atomic E-state index is -1.09. The number of aromatic nitrogens is 2. The first-order valence-electron chi connectivity index (χ1n) is 5.71. The van der Waals surface area contributed by atoms with Gasteiger partial charge in [0.1, 0.15) is 17.7 Å². The lowest BCUT2D eigenvalue weighted by Gasteiger charge is -2.16. The molecule has 0 aliphatic carbocycles. The third kappa shape index (κ3) is 2.09. The van der Waals surface area contributed by atoms with Gasteiger partial charge in [-0.05, 0) is 25.1 Å². The molecular formula is C13H15FN2O2. The van der Waals surface area contributed by atoms with Crippen molar-refractivity contribution in [2.75, 3.05) is 7.11 Å². The number of hydrogen-bond acceptors (Lipinski definition) is 3. The third-order valence-electron chi connectivity index (χ3n) is 2.84. The van der Waals surface area contributed by atoms with Crippen LogP contribution in [0.15, 0.2) is 30.5 Å². The third-order valence-corrected chi connectivity index (χ3v) is 2.84. The molecule has 0 fully saturated rings. The summed E-state index contributed by atoms with van der Waals surface area (Å²) in [5.41, 5.74) is 0.677. The predicted molar refractivity (Wildman–Crippen MR) is 64.9 cm³/mol. The largest absolute Gasteiger partial charge is 0.496 e. The molecule has 1 aromatic heterocycles. The summed E-state index contributed by atoms with van der Waals surface area (Å²) >= 11 is 0. The lowest BCUT2D eigenvalue weighted by molar-refractivity contribution is 0.197. The lowest BCUT2D eigenvalue weighted by Crippen LogP contribution is -2.11. The van der Waals surface area contributed by atoms with Gasteiger partial charge in [-0.15, -0.1) is 0 Å². The van der Waals surface area contributed by atoms with Crippen molar-refractivity contribution >= 4 is 0 Å². The minimum Gasteiger partial charge on any atom is -0.496 e. The van der Waals surface area contributed by atoms with Gasteiger partial charge in [0.2, 0.25) is 0 Å². The molecule has 0 saturated carbocycles. The first-order valence-corrected chi connectivity index (χ1v) is 5.71. The number of aliphatic hydroxyl groups is 1. The van der Waals surface area contributed by atoms with Crippen LogP contribution in [0.1, 0.15) is 24.3 Å². The summed E-state index contributed by atoms with van der Waals surface area (Å²) in [5.74, 6) is -0.169. The fourth-order valence-electron chi connectivity index (χ4n) is 1.95.